The molecule has 1 fully saturated rings. The molecule has 1 saturated heterocycles. The normalized spacial score (nSPS) is 17.2. The Kier molecular flexibility index (Phi) is 5.41. The molecule has 3 rings (SSSR count). The van der Waals surface area contributed by atoms with E-state index in [0.29, 0.717) is 23.9 Å². The number of amides is 1. The summed E-state index contributed by atoms with van der Waals surface area (Å²) < 4.78 is 5.21. The van der Waals surface area contributed by atoms with Crippen molar-refractivity contribution in [3.05, 3.63) is 23.9 Å². The van der Waals surface area contributed by atoms with Crippen LogP contribution in [0.4, 0.5) is 0 Å². The van der Waals surface area contributed by atoms with Crippen molar-refractivity contribution in [2.24, 2.45) is 5.92 Å². The molecule has 1 amide bonds. The zero-order chi connectivity index (χ0) is 18.7. The van der Waals surface area contributed by atoms with E-state index < -0.39 is 12.0 Å². The average Bonchev–Trinajstić information content (AvgIpc) is 3.09. The van der Waals surface area contributed by atoms with Gasteiger partial charge in [0.05, 0.1) is 12.6 Å². The maximum absolute atomic E-state index is 12.5. The van der Waals surface area contributed by atoms with E-state index in [2.05, 4.69) is 15.5 Å². The van der Waals surface area contributed by atoms with E-state index in [1.165, 1.54) is 0 Å². The van der Waals surface area contributed by atoms with Crippen molar-refractivity contribution in [1.29, 1.82) is 0 Å². The third kappa shape index (κ3) is 3.80. The number of carboxylic acids is 1. The lowest BCUT2D eigenvalue weighted by atomic mass is 9.95. The molecule has 1 aliphatic heterocycles. The van der Waals surface area contributed by atoms with Gasteiger partial charge in [-0.15, -0.1) is 0 Å². The fraction of sp³-hybridized carbons (Fsp3) is 0.500. The fourth-order valence-corrected chi connectivity index (χ4v) is 3.31. The number of H-pyrrole nitrogens is 1. The Bertz CT molecular complexity index is 796. The molecule has 1 atom stereocenters. The molecule has 0 bridgehead atoms. The van der Waals surface area contributed by atoms with Gasteiger partial charge in [-0.05, 0) is 57.0 Å². The van der Waals surface area contributed by atoms with Gasteiger partial charge in [0.1, 0.15) is 11.8 Å². The van der Waals surface area contributed by atoms with Gasteiger partial charge in [0.15, 0.2) is 5.69 Å². The summed E-state index contributed by atoms with van der Waals surface area (Å²) in [7, 11) is 1.58. The predicted molar refractivity (Wildman–Crippen MR) is 96.4 cm³/mol. The summed E-state index contributed by atoms with van der Waals surface area (Å²) in [6.45, 7) is 3.74. The number of benzene rings is 1. The monoisotopic (exact) mass is 360 g/mol. The Morgan fingerprint density at radius 2 is 2.15 bits per heavy atom. The first-order valence-corrected chi connectivity index (χ1v) is 8.76. The molecule has 26 heavy (non-hydrogen) atoms. The van der Waals surface area contributed by atoms with Gasteiger partial charge in [0.2, 0.25) is 0 Å². The zero-order valence-electron chi connectivity index (χ0n) is 15.0. The topological polar surface area (TPSA) is 108 Å². The molecule has 140 valence electrons. The van der Waals surface area contributed by atoms with Gasteiger partial charge in [-0.25, -0.2) is 0 Å². The van der Waals surface area contributed by atoms with Crippen LogP contribution in [-0.4, -0.2) is 64.9 Å². The first-order chi connectivity index (χ1) is 12.5. The van der Waals surface area contributed by atoms with E-state index in [9.17, 15) is 9.59 Å². The highest BCUT2D eigenvalue weighted by atomic mass is 16.5. The number of aromatic amines is 1. The first-order valence-electron chi connectivity index (χ1n) is 8.76. The van der Waals surface area contributed by atoms with Gasteiger partial charge < -0.3 is 15.2 Å². The van der Waals surface area contributed by atoms with Crippen LogP contribution in [0.2, 0.25) is 0 Å². The van der Waals surface area contributed by atoms with Gasteiger partial charge in [-0.1, -0.05) is 0 Å². The van der Waals surface area contributed by atoms with Crippen molar-refractivity contribution in [2.45, 2.75) is 25.8 Å². The predicted octanol–water partition coefficient (Wildman–Crippen LogP) is 1.49. The van der Waals surface area contributed by atoms with Crippen LogP contribution in [0.5, 0.6) is 5.75 Å². The Labute approximate surface area is 151 Å². The van der Waals surface area contributed by atoms with Gasteiger partial charge >= 0.3 is 5.97 Å². The number of rotatable bonds is 6. The van der Waals surface area contributed by atoms with E-state index in [4.69, 9.17) is 9.84 Å². The van der Waals surface area contributed by atoms with Crippen molar-refractivity contribution in [1.82, 2.24) is 20.4 Å². The number of carbonyl (C=O) groups is 2. The van der Waals surface area contributed by atoms with Crippen LogP contribution in [-0.2, 0) is 4.79 Å². The summed E-state index contributed by atoms with van der Waals surface area (Å²) in [5.41, 5.74) is 1.14. The quantitative estimate of drug-likeness (QED) is 0.720. The molecular weight excluding hydrogens is 336 g/mol. The first kappa shape index (κ1) is 18.2. The number of aromatic nitrogens is 2. The molecule has 2 aromatic rings. The number of nitrogens with one attached hydrogen (secondary N) is 2. The highest BCUT2D eigenvalue weighted by Crippen LogP contribution is 2.22. The molecule has 0 radical (unpaired) electrons. The van der Waals surface area contributed by atoms with Crippen LogP contribution >= 0.6 is 0 Å². The number of nitrogens with zero attached hydrogens (tertiary/aromatic N) is 2. The van der Waals surface area contributed by atoms with Gasteiger partial charge in [-0.2, -0.15) is 5.10 Å². The average molecular weight is 360 g/mol. The second kappa shape index (κ2) is 7.74. The third-order valence-corrected chi connectivity index (χ3v) is 5.09. The summed E-state index contributed by atoms with van der Waals surface area (Å²) in [4.78, 5) is 25.5. The van der Waals surface area contributed by atoms with E-state index >= 15 is 0 Å². The van der Waals surface area contributed by atoms with E-state index in [-0.39, 0.29) is 5.91 Å². The minimum Gasteiger partial charge on any atom is -0.497 e. The molecule has 0 spiro atoms. The van der Waals surface area contributed by atoms with Crippen LogP contribution in [0, 0.1) is 5.92 Å². The molecule has 1 unspecified atom stereocenters. The molecule has 8 nitrogen and oxygen atoms in total. The van der Waals surface area contributed by atoms with E-state index in [1.54, 1.807) is 20.1 Å². The summed E-state index contributed by atoms with van der Waals surface area (Å²) in [6.07, 6.45) is 1.74. The number of likely N-dealkylation sites (tertiary alicyclic amines) is 1. The second-order valence-corrected chi connectivity index (χ2v) is 6.69. The summed E-state index contributed by atoms with van der Waals surface area (Å²) in [6, 6.07) is 4.97. The standard InChI is InChI=1S/C18H24N4O4/c1-11(18(24)25)22-7-5-12(6-8-22)10-19-17(23)16-14-9-13(26-2)3-4-15(14)20-21-16/h3-4,9,11-12H,5-8,10H2,1-2H3,(H,19,23)(H,20,21)(H,24,25). The van der Waals surface area contributed by atoms with Crippen molar-refractivity contribution >= 4 is 22.8 Å². The zero-order valence-corrected chi connectivity index (χ0v) is 15.0. The Morgan fingerprint density at radius 1 is 1.42 bits per heavy atom. The van der Waals surface area contributed by atoms with Gasteiger partial charge in [-0.3, -0.25) is 19.6 Å². The molecular formula is C18H24N4O4. The van der Waals surface area contributed by atoms with Gasteiger partial charge in [0.25, 0.3) is 5.91 Å². The largest absolute Gasteiger partial charge is 0.497 e. The molecule has 1 aromatic carbocycles. The molecule has 1 aromatic heterocycles. The van der Waals surface area contributed by atoms with Crippen LogP contribution in [0.3, 0.4) is 0 Å². The second-order valence-electron chi connectivity index (χ2n) is 6.69. The number of carboxylic acid groups (broad SMARTS) is 1. The van der Waals surface area contributed by atoms with Crippen LogP contribution < -0.4 is 10.1 Å². The highest BCUT2D eigenvalue weighted by Gasteiger charge is 2.26. The lowest BCUT2D eigenvalue weighted by Crippen LogP contribution is -2.45. The maximum Gasteiger partial charge on any atom is 0.320 e. The number of hydrogen-bond donors (Lipinski definition) is 3. The minimum atomic E-state index is -0.794. The molecule has 8 heteroatoms. The van der Waals surface area contributed by atoms with Crippen LogP contribution in [0.15, 0.2) is 18.2 Å². The van der Waals surface area contributed by atoms with E-state index in [1.807, 2.05) is 17.0 Å². The van der Waals surface area contributed by atoms with Crippen molar-refractivity contribution < 1.29 is 19.4 Å². The van der Waals surface area contributed by atoms with E-state index in [0.717, 1.165) is 36.8 Å². The fourth-order valence-electron chi connectivity index (χ4n) is 3.31. The molecule has 2 heterocycles. The number of aliphatic carboxylic acids is 1. The van der Waals surface area contributed by atoms with Crippen LogP contribution in [0.25, 0.3) is 10.9 Å². The molecule has 1 aliphatic rings. The molecule has 3 N–H and O–H groups in total. The molecule has 0 aliphatic carbocycles. The Hall–Kier alpha value is -2.61. The van der Waals surface area contributed by atoms with Crippen LogP contribution in [0.1, 0.15) is 30.3 Å². The number of fused-ring (bicyclic) bond motifs is 1. The summed E-state index contributed by atoms with van der Waals surface area (Å²) in [5, 5.41) is 19.8. The lowest BCUT2D eigenvalue weighted by Gasteiger charge is -2.34. The number of piperidine rings is 1. The van der Waals surface area contributed by atoms with Crippen molar-refractivity contribution in [3.8, 4) is 5.75 Å². The Morgan fingerprint density at radius 3 is 2.81 bits per heavy atom. The number of carbonyl (C=O) groups excluding carboxylic acids is 1. The Balaban J connectivity index is 1.56. The number of methoxy groups -OCH3 is 1. The summed E-state index contributed by atoms with van der Waals surface area (Å²) in [5.74, 6) is 0.00670. The lowest BCUT2D eigenvalue weighted by molar-refractivity contribution is -0.143. The maximum atomic E-state index is 12.5. The van der Waals surface area contributed by atoms with Crippen molar-refractivity contribution in [3.63, 3.8) is 0 Å². The number of hydrogen-bond acceptors (Lipinski definition) is 5. The number of ether oxygens (including phenoxy) is 1. The summed E-state index contributed by atoms with van der Waals surface area (Å²) >= 11 is 0. The minimum absolute atomic E-state index is 0.217. The SMILES string of the molecule is COc1ccc2[nH]nc(C(=O)NCC3CCN(C(C)C(=O)O)CC3)c2c1. The smallest absolute Gasteiger partial charge is 0.320 e. The van der Waals surface area contributed by atoms with Crippen molar-refractivity contribution in [2.75, 3.05) is 26.7 Å². The highest BCUT2D eigenvalue weighted by molar-refractivity contribution is 6.05. The molecule has 0 saturated carbocycles. The van der Waals surface area contributed by atoms with Gasteiger partial charge in [0, 0.05) is 11.9 Å². The third-order valence-electron chi connectivity index (χ3n) is 5.09.